The lowest BCUT2D eigenvalue weighted by Gasteiger charge is -2.14. The van der Waals surface area contributed by atoms with Crippen molar-refractivity contribution < 1.29 is 23.4 Å². The van der Waals surface area contributed by atoms with Crippen LogP contribution in [0.15, 0.2) is 59.3 Å². The van der Waals surface area contributed by atoms with Crippen molar-refractivity contribution in [1.82, 2.24) is 4.98 Å². The van der Waals surface area contributed by atoms with Crippen LogP contribution in [0.2, 0.25) is 0 Å². The summed E-state index contributed by atoms with van der Waals surface area (Å²) in [5.74, 6) is -0.978. The fourth-order valence-corrected chi connectivity index (χ4v) is 3.50. The van der Waals surface area contributed by atoms with Gasteiger partial charge in [-0.05, 0) is 48.4 Å². The monoisotopic (exact) mass is 420 g/mol. The topological polar surface area (TPSA) is 98.6 Å². The number of carbonyl (C=O) groups is 1. The zero-order valence-electron chi connectivity index (χ0n) is 16.9. The second-order valence-corrected chi connectivity index (χ2v) is 7.27. The molecule has 0 aliphatic rings. The second-order valence-electron chi connectivity index (χ2n) is 7.27. The summed E-state index contributed by atoms with van der Waals surface area (Å²) in [6.45, 7) is 2.10. The fourth-order valence-electron chi connectivity index (χ4n) is 3.50. The predicted octanol–water partition coefficient (Wildman–Crippen LogP) is 4.61. The Morgan fingerprint density at radius 3 is 2.81 bits per heavy atom. The lowest BCUT2D eigenvalue weighted by Crippen LogP contribution is -2.06. The number of pyridine rings is 1. The van der Waals surface area contributed by atoms with Gasteiger partial charge in [-0.2, -0.15) is 0 Å². The first-order valence-electron chi connectivity index (χ1n) is 9.74. The zero-order valence-corrected chi connectivity index (χ0v) is 16.9. The van der Waals surface area contributed by atoms with Crippen molar-refractivity contribution in [2.24, 2.45) is 5.73 Å². The molecule has 0 aliphatic heterocycles. The minimum Gasteiger partial charge on any atom is -0.488 e. The number of aliphatic carboxylic acids is 1. The molecule has 0 unspecified atom stereocenters. The molecule has 158 valence electrons. The van der Waals surface area contributed by atoms with Crippen LogP contribution < -0.4 is 10.5 Å². The lowest BCUT2D eigenvalue weighted by atomic mass is 10.00. The molecule has 0 atom stereocenters. The van der Waals surface area contributed by atoms with Crippen molar-refractivity contribution in [2.75, 3.05) is 0 Å². The summed E-state index contributed by atoms with van der Waals surface area (Å²) in [4.78, 5) is 15.4. The van der Waals surface area contributed by atoms with Crippen LogP contribution in [-0.4, -0.2) is 16.1 Å². The summed E-state index contributed by atoms with van der Waals surface area (Å²) in [6, 6.07) is 12.2. The highest BCUT2D eigenvalue weighted by Crippen LogP contribution is 2.34. The van der Waals surface area contributed by atoms with E-state index in [1.54, 1.807) is 30.5 Å². The van der Waals surface area contributed by atoms with Gasteiger partial charge in [0.1, 0.15) is 23.8 Å². The Labute approximate surface area is 178 Å². The minimum absolute atomic E-state index is 0.0646. The van der Waals surface area contributed by atoms with Crippen LogP contribution in [0.4, 0.5) is 4.39 Å². The van der Waals surface area contributed by atoms with E-state index in [2.05, 4.69) is 4.98 Å². The van der Waals surface area contributed by atoms with Gasteiger partial charge in [0, 0.05) is 29.4 Å². The Morgan fingerprint density at radius 1 is 1.19 bits per heavy atom. The van der Waals surface area contributed by atoms with Gasteiger partial charge in [0.2, 0.25) is 0 Å². The molecule has 0 aliphatic carbocycles. The third-order valence-corrected chi connectivity index (χ3v) is 5.03. The highest BCUT2D eigenvalue weighted by Gasteiger charge is 2.18. The van der Waals surface area contributed by atoms with E-state index in [1.165, 1.54) is 6.26 Å². The number of nitrogens with zero attached hydrogens (tertiary/aromatic N) is 1. The van der Waals surface area contributed by atoms with Gasteiger partial charge < -0.3 is 20.0 Å². The summed E-state index contributed by atoms with van der Waals surface area (Å²) in [6.07, 6.45) is 2.91. The van der Waals surface area contributed by atoms with Gasteiger partial charge >= 0.3 is 5.97 Å². The zero-order chi connectivity index (χ0) is 22.0. The average molecular weight is 420 g/mol. The largest absolute Gasteiger partial charge is 0.488 e. The van der Waals surface area contributed by atoms with Crippen molar-refractivity contribution in [1.29, 1.82) is 0 Å². The highest BCUT2D eigenvalue weighted by atomic mass is 19.1. The highest BCUT2D eigenvalue weighted by molar-refractivity contribution is 5.93. The molecule has 0 bridgehead atoms. The molecule has 2 aromatic heterocycles. The molecule has 4 aromatic rings. The summed E-state index contributed by atoms with van der Waals surface area (Å²) in [7, 11) is 0. The van der Waals surface area contributed by atoms with Gasteiger partial charge in [-0.15, -0.1) is 0 Å². The van der Waals surface area contributed by atoms with E-state index in [0.717, 1.165) is 11.1 Å². The maximum Gasteiger partial charge on any atom is 0.307 e. The number of benzene rings is 2. The van der Waals surface area contributed by atoms with Crippen molar-refractivity contribution in [2.45, 2.75) is 26.5 Å². The van der Waals surface area contributed by atoms with Crippen LogP contribution in [0.1, 0.15) is 22.4 Å². The number of carboxylic acid groups (broad SMARTS) is 1. The number of fused-ring (bicyclic) bond motifs is 1. The molecular formula is C24H21FN2O4. The van der Waals surface area contributed by atoms with E-state index >= 15 is 4.39 Å². The Balaban J connectivity index is 1.73. The molecule has 0 fully saturated rings. The molecule has 2 heterocycles. The molecule has 4 rings (SSSR count). The summed E-state index contributed by atoms with van der Waals surface area (Å²) in [5, 5.41) is 9.49. The molecule has 0 amide bonds. The lowest BCUT2D eigenvalue weighted by molar-refractivity contribution is -0.136. The number of ether oxygens (including phenoxy) is 1. The summed E-state index contributed by atoms with van der Waals surface area (Å²) >= 11 is 0. The van der Waals surface area contributed by atoms with Crippen LogP contribution in [0.25, 0.3) is 22.1 Å². The normalized spacial score (nSPS) is 11.1. The van der Waals surface area contributed by atoms with E-state index in [9.17, 15) is 4.79 Å². The molecule has 6 nitrogen and oxygen atoms in total. The van der Waals surface area contributed by atoms with Crippen LogP contribution in [0.3, 0.4) is 0 Å². The van der Waals surface area contributed by atoms with Gasteiger partial charge in [0.05, 0.1) is 23.8 Å². The molecule has 0 spiro atoms. The fraction of sp³-hybridized carbons (Fsp3) is 0.167. The Morgan fingerprint density at radius 2 is 2.03 bits per heavy atom. The number of rotatable bonds is 7. The van der Waals surface area contributed by atoms with Crippen molar-refractivity contribution in [3.8, 4) is 16.9 Å². The first kappa shape index (κ1) is 20.6. The van der Waals surface area contributed by atoms with Gasteiger partial charge in [-0.25, -0.2) is 4.39 Å². The van der Waals surface area contributed by atoms with Gasteiger partial charge in [-0.1, -0.05) is 12.1 Å². The van der Waals surface area contributed by atoms with Gasteiger partial charge in [0.15, 0.2) is 0 Å². The molecule has 0 saturated carbocycles. The molecular weight excluding hydrogens is 399 g/mol. The number of aromatic nitrogens is 1. The molecule has 3 N–H and O–H groups in total. The molecule has 31 heavy (non-hydrogen) atoms. The number of hydrogen-bond acceptors (Lipinski definition) is 5. The molecule has 7 heteroatoms. The van der Waals surface area contributed by atoms with E-state index in [1.807, 2.05) is 25.1 Å². The second kappa shape index (κ2) is 8.57. The van der Waals surface area contributed by atoms with Crippen molar-refractivity contribution in [3.05, 3.63) is 83.1 Å². The first-order chi connectivity index (χ1) is 15.0. The quantitative estimate of drug-likeness (QED) is 0.453. The summed E-state index contributed by atoms with van der Waals surface area (Å²) in [5.41, 5.74) is 10.1. The van der Waals surface area contributed by atoms with E-state index < -0.39 is 11.8 Å². The Kier molecular flexibility index (Phi) is 5.68. The van der Waals surface area contributed by atoms with Gasteiger partial charge in [0.25, 0.3) is 0 Å². The number of halogens is 1. The molecule has 2 aromatic carbocycles. The Hall–Kier alpha value is -3.71. The third-order valence-electron chi connectivity index (χ3n) is 5.03. The SMILES string of the molecule is Cc1ccc(CC(=O)O)c(OCc2cc(-c3ccnc(CN)c3)c3occc3c2F)c1. The van der Waals surface area contributed by atoms with Crippen LogP contribution >= 0.6 is 0 Å². The summed E-state index contributed by atoms with van der Waals surface area (Å²) < 4.78 is 26.6. The molecule has 0 radical (unpaired) electrons. The average Bonchev–Trinajstić information content (AvgIpc) is 3.25. The molecule has 0 saturated heterocycles. The van der Waals surface area contributed by atoms with E-state index in [4.69, 9.17) is 20.0 Å². The Bertz CT molecular complexity index is 1270. The number of furan rings is 1. The number of hydrogen-bond donors (Lipinski definition) is 2. The predicted molar refractivity (Wildman–Crippen MR) is 114 cm³/mol. The first-order valence-corrected chi connectivity index (χ1v) is 9.74. The van der Waals surface area contributed by atoms with Crippen LogP contribution in [0, 0.1) is 12.7 Å². The van der Waals surface area contributed by atoms with Crippen molar-refractivity contribution in [3.63, 3.8) is 0 Å². The van der Waals surface area contributed by atoms with Crippen LogP contribution in [-0.2, 0) is 24.4 Å². The maximum absolute atomic E-state index is 15.2. The smallest absolute Gasteiger partial charge is 0.307 e. The number of aryl methyl sites for hydroxylation is 1. The van der Waals surface area contributed by atoms with E-state index in [-0.39, 0.29) is 19.6 Å². The maximum atomic E-state index is 15.2. The van der Waals surface area contributed by atoms with Crippen LogP contribution in [0.5, 0.6) is 5.75 Å². The van der Waals surface area contributed by atoms with E-state index in [0.29, 0.717) is 39.1 Å². The number of carboxylic acids is 1. The van der Waals surface area contributed by atoms with Crippen molar-refractivity contribution >= 4 is 16.9 Å². The standard InChI is InChI=1S/C24H21FN2O4/c1-14-2-3-16(11-22(28)29)21(8-14)31-13-17-10-20(15-4-6-27-18(9-15)12-26)24-19(23(17)25)5-7-30-24/h2-10H,11-13,26H2,1H3,(H,28,29). The minimum atomic E-state index is -0.963. The third kappa shape index (κ3) is 4.27. The number of nitrogens with two attached hydrogens (primary N) is 1. The van der Waals surface area contributed by atoms with Gasteiger partial charge in [-0.3, -0.25) is 9.78 Å².